The number of aromatic nitrogens is 2. The lowest BCUT2D eigenvalue weighted by atomic mass is 10.1. The number of carbonyl (C=O) groups excluding carboxylic acids is 2. The predicted octanol–water partition coefficient (Wildman–Crippen LogP) is 3.40. The van der Waals surface area contributed by atoms with E-state index < -0.39 is 0 Å². The molecule has 6 nitrogen and oxygen atoms in total. The molecular formula is C19H22N4O2. The van der Waals surface area contributed by atoms with Gasteiger partial charge in [-0.25, -0.2) is 9.97 Å². The van der Waals surface area contributed by atoms with Crippen LogP contribution in [-0.2, 0) is 0 Å². The van der Waals surface area contributed by atoms with E-state index >= 15 is 0 Å². The lowest BCUT2D eigenvalue weighted by Gasteiger charge is -2.13. The zero-order chi connectivity index (χ0) is 17.8. The summed E-state index contributed by atoms with van der Waals surface area (Å²) >= 11 is 0. The number of hydrogen-bond acceptors (Lipinski definition) is 5. The highest BCUT2D eigenvalue weighted by Crippen LogP contribution is 2.19. The largest absolute Gasteiger partial charge is 0.348 e. The number of aryl methyl sites for hydroxylation is 1. The summed E-state index contributed by atoms with van der Waals surface area (Å²) in [7, 11) is 0. The molecule has 1 aromatic carbocycles. The first kappa shape index (κ1) is 17.1. The molecule has 0 spiro atoms. The zero-order valence-electron chi connectivity index (χ0n) is 14.5. The fraction of sp³-hybridized carbons (Fsp3) is 0.368. The molecular weight excluding hydrogens is 316 g/mol. The van der Waals surface area contributed by atoms with Crippen LogP contribution in [0.15, 0.2) is 30.3 Å². The molecule has 2 N–H and O–H groups in total. The molecule has 0 saturated heterocycles. The number of anilines is 2. The molecule has 1 heterocycles. The van der Waals surface area contributed by atoms with Gasteiger partial charge in [0.2, 0.25) is 5.95 Å². The third-order valence-electron chi connectivity index (χ3n) is 4.30. The maximum Gasteiger partial charge on any atom is 0.270 e. The molecule has 130 valence electrons. The Kier molecular flexibility index (Phi) is 5.07. The smallest absolute Gasteiger partial charge is 0.270 e. The first-order chi connectivity index (χ1) is 12.0. The van der Waals surface area contributed by atoms with Crippen molar-refractivity contribution in [1.82, 2.24) is 15.3 Å². The fourth-order valence-electron chi connectivity index (χ4n) is 3.02. The van der Waals surface area contributed by atoms with Crippen LogP contribution in [0.3, 0.4) is 0 Å². The van der Waals surface area contributed by atoms with Crippen molar-refractivity contribution in [3.8, 4) is 0 Å². The normalized spacial score (nSPS) is 14.3. The van der Waals surface area contributed by atoms with Gasteiger partial charge in [0, 0.05) is 23.0 Å². The van der Waals surface area contributed by atoms with Gasteiger partial charge in [0.25, 0.3) is 5.91 Å². The van der Waals surface area contributed by atoms with Gasteiger partial charge in [-0.05, 0) is 44.9 Å². The summed E-state index contributed by atoms with van der Waals surface area (Å²) in [4.78, 5) is 32.6. The average Bonchev–Trinajstić information content (AvgIpc) is 3.07. The fourth-order valence-corrected chi connectivity index (χ4v) is 3.02. The molecule has 0 bridgehead atoms. The quantitative estimate of drug-likeness (QED) is 0.816. The van der Waals surface area contributed by atoms with Crippen LogP contribution in [0.25, 0.3) is 0 Å². The number of nitrogens with zero attached hydrogens (tertiary/aromatic N) is 2. The van der Waals surface area contributed by atoms with Crippen molar-refractivity contribution in [2.24, 2.45) is 0 Å². The molecule has 0 aliphatic heterocycles. The van der Waals surface area contributed by atoms with E-state index in [2.05, 4.69) is 20.6 Å². The second-order valence-electron chi connectivity index (χ2n) is 6.44. The van der Waals surface area contributed by atoms with Gasteiger partial charge in [0.05, 0.1) is 0 Å². The maximum atomic E-state index is 12.4. The number of Topliss-reactive ketones (excluding diaryl/α,β-unsaturated/α-hetero) is 1. The summed E-state index contributed by atoms with van der Waals surface area (Å²) < 4.78 is 0. The van der Waals surface area contributed by atoms with Crippen molar-refractivity contribution in [1.29, 1.82) is 0 Å². The lowest BCUT2D eigenvalue weighted by molar-refractivity contribution is 0.0932. The van der Waals surface area contributed by atoms with E-state index in [-0.39, 0.29) is 17.7 Å². The molecule has 6 heteroatoms. The Bertz CT molecular complexity index is 798. The second-order valence-corrected chi connectivity index (χ2v) is 6.44. The predicted molar refractivity (Wildman–Crippen MR) is 96.2 cm³/mol. The van der Waals surface area contributed by atoms with Gasteiger partial charge in [0.15, 0.2) is 5.78 Å². The van der Waals surface area contributed by atoms with E-state index in [9.17, 15) is 9.59 Å². The highest BCUT2D eigenvalue weighted by Gasteiger charge is 2.19. The monoisotopic (exact) mass is 338 g/mol. The molecule has 0 atom stereocenters. The minimum Gasteiger partial charge on any atom is -0.348 e. The summed E-state index contributed by atoms with van der Waals surface area (Å²) in [5, 5.41) is 6.11. The Morgan fingerprint density at radius 3 is 2.60 bits per heavy atom. The van der Waals surface area contributed by atoms with Crippen LogP contribution in [0.2, 0.25) is 0 Å². The number of hydrogen-bond donors (Lipinski definition) is 2. The van der Waals surface area contributed by atoms with Crippen molar-refractivity contribution in [3.05, 3.63) is 47.3 Å². The number of amides is 1. The molecule has 1 fully saturated rings. The van der Waals surface area contributed by atoms with Crippen molar-refractivity contribution in [2.45, 2.75) is 45.6 Å². The first-order valence-electron chi connectivity index (χ1n) is 8.56. The highest BCUT2D eigenvalue weighted by atomic mass is 16.2. The van der Waals surface area contributed by atoms with Gasteiger partial charge < -0.3 is 10.6 Å². The second kappa shape index (κ2) is 7.42. The van der Waals surface area contributed by atoms with Crippen LogP contribution in [0.4, 0.5) is 11.6 Å². The number of benzene rings is 1. The van der Waals surface area contributed by atoms with E-state index in [1.807, 2.05) is 13.0 Å². The Morgan fingerprint density at radius 1 is 1.12 bits per heavy atom. The number of ketones is 1. The third kappa shape index (κ3) is 4.41. The van der Waals surface area contributed by atoms with Crippen molar-refractivity contribution in [3.63, 3.8) is 0 Å². The van der Waals surface area contributed by atoms with E-state index in [0.717, 1.165) is 25.7 Å². The summed E-state index contributed by atoms with van der Waals surface area (Å²) in [5.74, 6) is 0.167. The van der Waals surface area contributed by atoms with E-state index in [4.69, 9.17) is 0 Å². The standard InChI is InChI=1S/C19H22N4O2/c1-12-10-17(18(25)21-15-7-3-4-8-15)23-19(20-12)22-16-9-5-6-14(11-16)13(2)24/h5-6,9-11,15H,3-4,7-8H2,1-2H3,(H,21,25)(H,20,22,23). The third-order valence-corrected chi connectivity index (χ3v) is 4.30. The Morgan fingerprint density at radius 2 is 1.88 bits per heavy atom. The summed E-state index contributed by atoms with van der Waals surface area (Å²) in [6.07, 6.45) is 4.37. The molecule has 1 aliphatic carbocycles. The van der Waals surface area contributed by atoms with E-state index in [1.54, 1.807) is 24.3 Å². The van der Waals surface area contributed by atoms with E-state index in [0.29, 0.717) is 28.6 Å². The van der Waals surface area contributed by atoms with Crippen LogP contribution in [0.1, 0.15) is 59.1 Å². The van der Waals surface area contributed by atoms with Crippen LogP contribution in [0.5, 0.6) is 0 Å². The molecule has 25 heavy (non-hydrogen) atoms. The van der Waals surface area contributed by atoms with Crippen molar-refractivity contribution in [2.75, 3.05) is 5.32 Å². The minimum absolute atomic E-state index is 0.00885. The molecule has 0 unspecified atom stereocenters. The van der Waals surface area contributed by atoms with Crippen LogP contribution >= 0.6 is 0 Å². The van der Waals surface area contributed by atoms with Gasteiger partial charge in [0.1, 0.15) is 5.69 Å². The molecule has 1 aromatic heterocycles. The Labute approximate surface area is 147 Å². The van der Waals surface area contributed by atoms with Gasteiger partial charge in [-0.2, -0.15) is 0 Å². The molecule has 1 amide bonds. The maximum absolute atomic E-state index is 12.4. The summed E-state index contributed by atoms with van der Waals surface area (Å²) in [6.45, 7) is 3.35. The van der Waals surface area contributed by atoms with Crippen molar-refractivity contribution >= 4 is 23.3 Å². The Balaban J connectivity index is 1.78. The molecule has 0 radical (unpaired) electrons. The number of nitrogens with one attached hydrogen (secondary N) is 2. The first-order valence-corrected chi connectivity index (χ1v) is 8.56. The van der Waals surface area contributed by atoms with Crippen LogP contribution in [-0.4, -0.2) is 27.7 Å². The lowest BCUT2D eigenvalue weighted by Crippen LogP contribution is -2.33. The molecule has 3 rings (SSSR count). The zero-order valence-corrected chi connectivity index (χ0v) is 14.5. The van der Waals surface area contributed by atoms with Crippen molar-refractivity contribution < 1.29 is 9.59 Å². The van der Waals surface area contributed by atoms with Gasteiger partial charge in [-0.1, -0.05) is 25.0 Å². The number of carbonyl (C=O) groups is 2. The SMILES string of the molecule is CC(=O)c1cccc(Nc2nc(C)cc(C(=O)NC3CCCC3)n2)c1. The van der Waals surface area contributed by atoms with Gasteiger partial charge in [-0.15, -0.1) is 0 Å². The summed E-state index contributed by atoms with van der Waals surface area (Å²) in [5.41, 5.74) is 2.37. The van der Waals surface area contributed by atoms with Gasteiger partial charge in [-0.3, -0.25) is 9.59 Å². The van der Waals surface area contributed by atoms with Gasteiger partial charge >= 0.3 is 0 Å². The van der Waals surface area contributed by atoms with Crippen LogP contribution in [0, 0.1) is 6.92 Å². The minimum atomic E-state index is -0.169. The van der Waals surface area contributed by atoms with E-state index in [1.165, 1.54) is 6.92 Å². The topological polar surface area (TPSA) is 84.0 Å². The summed E-state index contributed by atoms with van der Waals surface area (Å²) in [6, 6.07) is 9.05. The Hall–Kier alpha value is -2.76. The molecule has 1 aliphatic rings. The molecule has 1 saturated carbocycles. The van der Waals surface area contributed by atoms with Crippen LogP contribution < -0.4 is 10.6 Å². The number of rotatable bonds is 5. The average molecular weight is 338 g/mol. The highest BCUT2D eigenvalue weighted by molar-refractivity contribution is 5.95. The molecule has 2 aromatic rings.